The van der Waals surface area contributed by atoms with Gasteiger partial charge in [0.25, 0.3) is 0 Å². The van der Waals surface area contributed by atoms with E-state index in [1.54, 1.807) is 30.7 Å². The van der Waals surface area contributed by atoms with E-state index in [1.165, 1.54) is 0 Å². The first kappa shape index (κ1) is 7.60. The smallest absolute Gasteiger partial charge is 0.123 e. The van der Waals surface area contributed by atoms with Crippen LogP contribution >= 0.6 is 0 Å². The molecular formula is C8H8N2O. The zero-order valence-corrected chi connectivity index (χ0v) is 5.97. The van der Waals surface area contributed by atoms with Crippen molar-refractivity contribution in [1.29, 1.82) is 0 Å². The lowest BCUT2D eigenvalue weighted by Gasteiger charge is -1.86. The Morgan fingerprint density at radius 3 is 3.00 bits per heavy atom. The van der Waals surface area contributed by atoms with E-state index >= 15 is 0 Å². The summed E-state index contributed by atoms with van der Waals surface area (Å²) < 4.78 is 0. The van der Waals surface area contributed by atoms with Gasteiger partial charge in [-0.1, -0.05) is 6.08 Å². The SMILES string of the molecule is O=CCC=Cc1cnccn1. The van der Waals surface area contributed by atoms with Crippen molar-refractivity contribution < 1.29 is 4.79 Å². The number of hydrogen-bond acceptors (Lipinski definition) is 3. The summed E-state index contributed by atoms with van der Waals surface area (Å²) in [6, 6.07) is 0. The highest BCUT2D eigenvalue weighted by Crippen LogP contribution is 1.93. The molecule has 0 saturated heterocycles. The number of nitrogens with zero attached hydrogens (tertiary/aromatic N) is 2. The van der Waals surface area contributed by atoms with Crippen LogP contribution in [0.3, 0.4) is 0 Å². The van der Waals surface area contributed by atoms with Crippen molar-refractivity contribution in [3.05, 3.63) is 30.4 Å². The molecule has 1 rings (SSSR count). The molecule has 0 aliphatic heterocycles. The van der Waals surface area contributed by atoms with Crippen LogP contribution in [-0.2, 0) is 4.79 Å². The second-order valence-corrected chi connectivity index (χ2v) is 1.94. The molecule has 0 fully saturated rings. The number of allylic oxidation sites excluding steroid dienone is 1. The Kier molecular flexibility index (Phi) is 2.99. The van der Waals surface area contributed by atoms with E-state index in [1.807, 2.05) is 0 Å². The molecule has 1 aromatic heterocycles. The summed E-state index contributed by atoms with van der Waals surface area (Å²) in [7, 11) is 0. The van der Waals surface area contributed by atoms with Crippen LogP contribution in [-0.4, -0.2) is 16.3 Å². The van der Waals surface area contributed by atoms with Crippen LogP contribution in [0, 0.1) is 0 Å². The summed E-state index contributed by atoms with van der Waals surface area (Å²) in [6.07, 6.45) is 9.64. The summed E-state index contributed by atoms with van der Waals surface area (Å²) in [5.41, 5.74) is 0.773. The standard InChI is InChI=1S/C8H8N2O/c11-6-2-1-3-8-7-9-4-5-10-8/h1,3-7H,2H2. The quantitative estimate of drug-likeness (QED) is 0.602. The van der Waals surface area contributed by atoms with Crippen LogP contribution in [0.25, 0.3) is 6.08 Å². The van der Waals surface area contributed by atoms with Crippen LogP contribution in [0.2, 0.25) is 0 Å². The fourth-order valence-corrected chi connectivity index (χ4v) is 0.641. The van der Waals surface area contributed by atoms with Gasteiger partial charge in [-0.05, 0) is 6.08 Å². The lowest BCUT2D eigenvalue weighted by atomic mass is 10.3. The zero-order chi connectivity index (χ0) is 7.94. The molecule has 11 heavy (non-hydrogen) atoms. The van der Waals surface area contributed by atoms with Gasteiger partial charge < -0.3 is 4.79 Å². The molecule has 0 atom stereocenters. The normalized spacial score (nSPS) is 10.2. The van der Waals surface area contributed by atoms with Crippen molar-refractivity contribution in [2.75, 3.05) is 0 Å². The maximum Gasteiger partial charge on any atom is 0.123 e. The minimum atomic E-state index is 0.427. The molecule has 0 unspecified atom stereocenters. The van der Waals surface area contributed by atoms with E-state index in [9.17, 15) is 4.79 Å². The first-order valence-corrected chi connectivity index (χ1v) is 3.29. The zero-order valence-electron chi connectivity index (χ0n) is 5.97. The van der Waals surface area contributed by atoms with Crippen LogP contribution < -0.4 is 0 Å². The molecule has 3 heteroatoms. The highest BCUT2D eigenvalue weighted by Gasteiger charge is 1.82. The van der Waals surface area contributed by atoms with Gasteiger partial charge in [-0.2, -0.15) is 0 Å². The number of carbonyl (C=O) groups is 1. The van der Waals surface area contributed by atoms with E-state index < -0.39 is 0 Å². The van der Waals surface area contributed by atoms with Gasteiger partial charge in [0.05, 0.1) is 11.9 Å². The fourth-order valence-electron chi connectivity index (χ4n) is 0.641. The Morgan fingerprint density at radius 1 is 1.45 bits per heavy atom. The first-order chi connectivity index (χ1) is 5.43. The van der Waals surface area contributed by atoms with E-state index in [-0.39, 0.29) is 0 Å². The Bertz CT molecular complexity index is 244. The second kappa shape index (κ2) is 4.33. The average molecular weight is 148 g/mol. The largest absolute Gasteiger partial charge is 0.303 e. The Hall–Kier alpha value is -1.51. The van der Waals surface area contributed by atoms with Crippen LogP contribution in [0.15, 0.2) is 24.7 Å². The van der Waals surface area contributed by atoms with Gasteiger partial charge in [0.15, 0.2) is 0 Å². The molecule has 1 aromatic rings. The Balaban J connectivity index is 2.57. The van der Waals surface area contributed by atoms with Crippen LogP contribution in [0.1, 0.15) is 12.1 Å². The lowest BCUT2D eigenvalue weighted by Crippen LogP contribution is -1.79. The number of hydrogen-bond donors (Lipinski definition) is 0. The topological polar surface area (TPSA) is 42.9 Å². The van der Waals surface area contributed by atoms with Crippen molar-refractivity contribution in [3.63, 3.8) is 0 Å². The molecule has 0 spiro atoms. The molecule has 0 amide bonds. The van der Waals surface area contributed by atoms with Gasteiger partial charge in [0.1, 0.15) is 6.29 Å². The maximum atomic E-state index is 9.91. The molecule has 3 nitrogen and oxygen atoms in total. The van der Waals surface area contributed by atoms with Crippen molar-refractivity contribution in [2.24, 2.45) is 0 Å². The highest BCUT2D eigenvalue weighted by molar-refractivity contribution is 5.56. The molecule has 0 saturated carbocycles. The predicted molar refractivity (Wildman–Crippen MR) is 41.7 cm³/mol. The van der Waals surface area contributed by atoms with Crippen LogP contribution in [0.5, 0.6) is 0 Å². The molecule has 0 aromatic carbocycles. The molecule has 0 bridgehead atoms. The molecule has 56 valence electrons. The minimum absolute atomic E-state index is 0.427. The summed E-state index contributed by atoms with van der Waals surface area (Å²) in [5, 5.41) is 0. The van der Waals surface area contributed by atoms with E-state index in [0.717, 1.165) is 12.0 Å². The molecule has 0 aliphatic rings. The number of aromatic nitrogens is 2. The molecule has 0 aliphatic carbocycles. The highest BCUT2D eigenvalue weighted by atomic mass is 16.1. The van der Waals surface area contributed by atoms with Gasteiger partial charge in [0.2, 0.25) is 0 Å². The fraction of sp³-hybridized carbons (Fsp3) is 0.125. The Labute approximate surface area is 64.8 Å². The Morgan fingerprint density at radius 2 is 2.36 bits per heavy atom. The summed E-state index contributed by atoms with van der Waals surface area (Å²) in [5.74, 6) is 0. The van der Waals surface area contributed by atoms with Crippen molar-refractivity contribution in [1.82, 2.24) is 9.97 Å². The average Bonchev–Trinajstić information content (AvgIpc) is 2.07. The molecule has 1 heterocycles. The third-order valence-corrected chi connectivity index (χ3v) is 1.10. The number of carbonyl (C=O) groups excluding carboxylic acids is 1. The van der Waals surface area contributed by atoms with Gasteiger partial charge in [0, 0.05) is 18.8 Å². The third-order valence-electron chi connectivity index (χ3n) is 1.10. The van der Waals surface area contributed by atoms with Crippen molar-refractivity contribution >= 4 is 12.4 Å². The monoisotopic (exact) mass is 148 g/mol. The third kappa shape index (κ3) is 2.71. The van der Waals surface area contributed by atoms with Gasteiger partial charge in [-0.25, -0.2) is 0 Å². The maximum absolute atomic E-state index is 9.91. The molecule has 0 N–H and O–H groups in total. The summed E-state index contributed by atoms with van der Waals surface area (Å²) in [6.45, 7) is 0. The number of rotatable bonds is 3. The summed E-state index contributed by atoms with van der Waals surface area (Å²) in [4.78, 5) is 17.8. The van der Waals surface area contributed by atoms with Crippen molar-refractivity contribution in [3.8, 4) is 0 Å². The van der Waals surface area contributed by atoms with Gasteiger partial charge in [-0.15, -0.1) is 0 Å². The summed E-state index contributed by atoms with van der Waals surface area (Å²) >= 11 is 0. The minimum Gasteiger partial charge on any atom is -0.303 e. The predicted octanol–water partition coefficient (Wildman–Crippen LogP) is 1.08. The van der Waals surface area contributed by atoms with E-state index in [4.69, 9.17) is 0 Å². The number of aldehydes is 1. The van der Waals surface area contributed by atoms with Crippen LogP contribution in [0.4, 0.5) is 0 Å². The first-order valence-electron chi connectivity index (χ1n) is 3.29. The molecule has 0 radical (unpaired) electrons. The van der Waals surface area contributed by atoms with E-state index in [2.05, 4.69) is 9.97 Å². The van der Waals surface area contributed by atoms with Crippen molar-refractivity contribution in [2.45, 2.75) is 6.42 Å². The molecular weight excluding hydrogens is 140 g/mol. The van der Waals surface area contributed by atoms with Gasteiger partial charge >= 0.3 is 0 Å². The second-order valence-electron chi connectivity index (χ2n) is 1.94. The van der Waals surface area contributed by atoms with E-state index in [0.29, 0.717) is 6.42 Å². The lowest BCUT2D eigenvalue weighted by molar-refractivity contribution is -0.107. The van der Waals surface area contributed by atoms with Gasteiger partial charge in [-0.3, -0.25) is 9.97 Å².